The van der Waals surface area contributed by atoms with E-state index in [1.54, 1.807) is 24.4 Å². The molecule has 60 valence electrons. The SMILES string of the molecule is CC(=O)N(C#N)c1ccccn1. The topological polar surface area (TPSA) is 57.0 Å². The Morgan fingerprint density at radius 2 is 2.42 bits per heavy atom. The summed E-state index contributed by atoms with van der Waals surface area (Å²) in [6.45, 7) is 1.32. The second-order valence-corrected chi connectivity index (χ2v) is 2.14. The van der Waals surface area contributed by atoms with E-state index in [1.165, 1.54) is 13.1 Å². The van der Waals surface area contributed by atoms with Crippen LogP contribution in [0.25, 0.3) is 0 Å². The van der Waals surface area contributed by atoms with Crippen LogP contribution in [0.5, 0.6) is 0 Å². The minimum Gasteiger partial charge on any atom is -0.274 e. The Kier molecular flexibility index (Phi) is 2.38. The molecule has 0 aliphatic carbocycles. The molecule has 0 aromatic carbocycles. The number of anilines is 1. The molecule has 0 aliphatic rings. The van der Waals surface area contributed by atoms with Crippen LogP contribution in [-0.2, 0) is 4.79 Å². The lowest BCUT2D eigenvalue weighted by molar-refractivity contribution is -0.115. The fourth-order valence-corrected chi connectivity index (χ4v) is 0.769. The molecule has 1 aromatic rings. The lowest BCUT2D eigenvalue weighted by atomic mass is 10.4. The van der Waals surface area contributed by atoms with E-state index in [4.69, 9.17) is 5.26 Å². The Hall–Kier alpha value is -1.89. The Bertz CT molecular complexity index is 315. The summed E-state index contributed by atoms with van der Waals surface area (Å²) in [6, 6.07) is 5.04. The van der Waals surface area contributed by atoms with E-state index in [9.17, 15) is 4.79 Å². The summed E-state index contributed by atoms with van der Waals surface area (Å²) in [5, 5.41) is 8.56. The van der Waals surface area contributed by atoms with Gasteiger partial charge >= 0.3 is 0 Å². The largest absolute Gasteiger partial charge is 0.274 e. The molecule has 0 fully saturated rings. The van der Waals surface area contributed by atoms with Crippen molar-refractivity contribution in [3.63, 3.8) is 0 Å². The van der Waals surface area contributed by atoms with Gasteiger partial charge in [0, 0.05) is 13.1 Å². The van der Waals surface area contributed by atoms with E-state index >= 15 is 0 Å². The number of aromatic nitrogens is 1. The van der Waals surface area contributed by atoms with Gasteiger partial charge in [-0.25, -0.2) is 4.98 Å². The van der Waals surface area contributed by atoms with Crippen molar-refractivity contribution in [2.75, 3.05) is 4.90 Å². The fraction of sp³-hybridized carbons (Fsp3) is 0.125. The standard InChI is InChI=1S/C8H7N3O/c1-7(12)11(6-9)8-4-2-3-5-10-8/h2-5H,1H3. The number of carbonyl (C=O) groups is 1. The minimum atomic E-state index is -0.337. The van der Waals surface area contributed by atoms with E-state index < -0.39 is 0 Å². The summed E-state index contributed by atoms with van der Waals surface area (Å²) in [7, 11) is 0. The summed E-state index contributed by atoms with van der Waals surface area (Å²) in [6.07, 6.45) is 3.27. The Labute approximate surface area is 70.1 Å². The van der Waals surface area contributed by atoms with Crippen LogP contribution in [0.15, 0.2) is 24.4 Å². The molecule has 1 rings (SSSR count). The molecule has 0 saturated carbocycles. The van der Waals surface area contributed by atoms with Crippen molar-refractivity contribution in [1.29, 1.82) is 5.26 Å². The zero-order valence-electron chi connectivity index (χ0n) is 6.56. The Balaban J connectivity index is 2.98. The normalized spacial score (nSPS) is 8.67. The Morgan fingerprint density at radius 1 is 1.67 bits per heavy atom. The molecular formula is C8H7N3O. The number of nitrogens with zero attached hydrogens (tertiary/aromatic N) is 3. The molecule has 0 N–H and O–H groups in total. The highest BCUT2D eigenvalue weighted by atomic mass is 16.2. The molecule has 0 aliphatic heterocycles. The summed E-state index contributed by atoms with van der Waals surface area (Å²) < 4.78 is 0. The van der Waals surface area contributed by atoms with Crippen LogP contribution < -0.4 is 4.90 Å². The lowest BCUT2D eigenvalue weighted by Crippen LogP contribution is -2.22. The van der Waals surface area contributed by atoms with Crippen molar-refractivity contribution in [1.82, 2.24) is 4.98 Å². The number of hydrogen-bond donors (Lipinski definition) is 0. The number of rotatable bonds is 1. The molecule has 4 heteroatoms. The van der Waals surface area contributed by atoms with Crippen molar-refractivity contribution < 1.29 is 4.79 Å². The van der Waals surface area contributed by atoms with Crippen molar-refractivity contribution in [2.45, 2.75) is 6.92 Å². The molecule has 4 nitrogen and oxygen atoms in total. The molecule has 0 radical (unpaired) electrons. The van der Waals surface area contributed by atoms with Crippen LogP contribution >= 0.6 is 0 Å². The quantitative estimate of drug-likeness (QED) is 0.454. The second-order valence-electron chi connectivity index (χ2n) is 2.14. The predicted molar refractivity (Wildman–Crippen MR) is 43.0 cm³/mol. The third kappa shape index (κ3) is 1.58. The van der Waals surface area contributed by atoms with Gasteiger partial charge in [-0.1, -0.05) is 6.07 Å². The first-order chi connectivity index (χ1) is 5.75. The van der Waals surface area contributed by atoms with Crippen LogP contribution in [0.2, 0.25) is 0 Å². The molecule has 1 aromatic heterocycles. The van der Waals surface area contributed by atoms with E-state index in [0.29, 0.717) is 5.82 Å². The van der Waals surface area contributed by atoms with Crippen molar-refractivity contribution in [3.05, 3.63) is 24.4 Å². The van der Waals surface area contributed by atoms with Gasteiger partial charge in [-0.15, -0.1) is 0 Å². The summed E-state index contributed by atoms with van der Waals surface area (Å²) in [5.74, 6) is 0.0173. The van der Waals surface area contributed by atoms with Gasteiger partial charge in [0.15, 0.2) is 6.19 Å². The third-order valence-corrected chi connectivity index (χ3v) is 1.29. The monoisotopic (exact) mass is 161 g/mol. The van der Waals surface area contributed by atoms with Gasteiger partial charge in [0.25, 0.3) is 0 Å². The second kappa shape index (κ2) is 3.49. The maximum absolute atomic E-state index is 10.8. The molecular weight excluding hydrogens is 154 g/mol. The van der Waals surface area contributed by atoms with E-state index in [1.807, 2.05) is 0 Å². The maximum atomic E-state index is 10.8. The smallest absolute Gasteiger partial charge is 0.238 e. The fourth-order valence-electron chi connectivity index (χ4n) is 0.769. The number of carbonyl (C=O) groups excluding carboxylic acids is 1. The first-order valence-electron chi connectivity index (χ1n) is 3.37. The Morgan fingerprint density at radius 3 is 2.83 bits per heavy atom. The van der Waals surface area contributed by atoms with Crippen LogP contribution in [0.3, 0.4) is 0 Å². The van der Waals surface area contributed by atoms with E-state index in [2.05, 4.69) is 4.98 Å². The zero-order valence-corrected chi connectivity index (χ0v) is 6.56. The highest BCUT2D eigenvalue weighted by molar-refractivity contribution is 5.92. The summed E-state index contributed by atoms with van der Waals surface area (Å²) in [5.41, 5.74) is 0. The first-order valence-corrected chi connectivity index (χ1v) is 3.37. The van der Waals surface area contributed by atoms with Gasteiger partial charge in [0.05, 0.1) is 0 Å². The molecule has 1 heterocycles. The van der Waals surface area contributed by atoms with Crippen LogP contribution in [0, 0.1) is 11.5 Å². The number of amides is 1. The van der Waals surface area contributed by atoms with Crippen molar-refractivity contribution >= 4 is 11.7 Å². The van der Waals surface area contributed by atoms with Gasteiger partial charge in [-0.3, -0.25) is 4.79 Å². The van der Waals surface area contributed by atoms with Gasteiger partial charge in [0.2, 0.25) is 5.91 Å². The van der Waals surface area contributed by atoms with Gasteiger partial charge < -0.3 is 0 Å². The predicted octanol–water partition coefficient (Wildman–Crippen LogP) is 0.916. The van der Waals surface area contributed by atoms with Gasteiger partial charge in [0.1, 0.15) is 5.82 Å². The molecule has 0 bridgehead atoms. The number of pyridine rings is 1. The average Bonchev–Trinajstić information content (AvgIpc) is 2.07. The van der Waals surface area contributed by atoms with E-state index in [0.717, 1.165) is 4.90 Å². The average molecular weight is 161 g/mol. The lowest BCUT2D eigenvalue weighted by Gasteiger charge is -2.08. The van der Waals surface area contributed by atoms with Crippen LogP contribution in [0.4, 0.5) is 5.82 Å². The maximum Gasteiger partial charge on any atom is 0.238 e. The molecule has 12 heavy (non-hydrogen) atoms. The van der Waals surface area contributed by atoms with Crippen molar-refractivity contribution in [2.24, 2.45) is 0 Å². The van der Waals surface area contributed by atoms with Gasteiger partial charge in [-0.05, 0) is 12.1 Å². The number of hydrogen-bond acceptors (Lipinski definition) is 3. The minimum absolute atomic E-state index is 0.337. The summed E-state index contributed by atoms with van der Waals surface area (Å²) >= 11 is 0. The van der Waals surface area contributed by atoms with Gasteiger partial charge in [-0.2, -0.15) is 10.2 Å². The van der Waals surface area contributed by atoms with Crippen LogP contribution in [0.1, 0.15) is 6.92 Å². The third-order valence-electron chi connectivity index (χ3n) is 1.29. The molecule has 1 amide bonds. The molecule has 0 saturated heterocycles. The van der Waals surface area contributed by atoms with Crippen molar-refractivity contribution in [3.8, 4) is 6.19 Å². The highest BCUT2D eigenvalue weighted by Gasteiger charge is 2.09. The molecule has 0 atom stereocenters. The number of nitriles is 1. The zero-order chi connectivity index (χ0) is 8.97. The summed E-state index contributed by atoms with van der Waals surface area (Å²) in [4.78, 5) is 15.6. The molecule has 0 unspecified atom stereocenters. The van der Waals surface area contributed by atoms with E-state index in [-0.39, 0.29) is 5.91 Å². The van der Waals surface area contributed by atoms with Crippen LogP contribution in [-0.4, -0.2) is 10.9 Å². The highest BCUT2D eigenvalue weighted by Crippen LogP contribution is 2.07. The molecule has 0 spiro atoms. The first kappa shape index (κ1) is 8.21.